The minimum Gasteiger partial charge on any atom is -0.497 e. The fraction of sp³-hybridized carbons (Fsp3) is 0.400. The molecule has 2 aromatic rings. The summed E-state index contributed by atoms with van der Waals surface area (Å²) in [5.41, 5.74) is 0. The van der Waals surface area contributed by atoms with Crippen LogP contribution >= 0.6 is 11.3 Å². The van der Waals surface area contributed by atoms with Crippen LogP contribution in [0.15, 0.2) is 28.6 Å². The van der Waals surface area contributed by atoms with Gasteiger partial charge in [-0.1, -0.05) is 31.3 Å². The molecule has 0 unspecified atom stereocenters. The number of hydrogen-bond acceptors (Lipinski definition) is 8. The van der Waals surface area contributed by atoms with Crippen LogP contribution in [0, 0.1) is 5.92 Å². The summed E-state index contributed by atoms with van der Waals surface area (Å²) in [4.78, 5) is 11.6. The number of hydrogen-bond donors (Lipinski definition) is 2. The Balaban J connectivity index is 1.86. The van der Waals surface area contributed by atoms with E-state index in [1.807, 2.05) is 0 Å². The van der Waals surface area contributed by atoms with E-state index < -0.39 is 10.0 Å². The maximum atomic E-state index is 12.2. The van der Waals surface area contributed by atoms with Gasteiger partial charge >= 0.3 is 0 Å². The fourth-order valence-electron chi connectivity index (χ4n) is 1.72. The lowest BCUT2D eigenvalue weighted by atomic mass is 10.2. The van der Waals surface area contributed by atoms with Gasteiger partial charge in [-0.25, -0.2) is 13.1 Å². The Labute approximate surface area is 155 Å². The molecule has 0 aliphatic carbocycles. The smallest absolute Gasteiger partial charge is 0.269 e. The van der Waals surface area contributed by atoms with E-state index in [0.29, 0.717) is 11.5 Å². The van der Waals surface area contributed by atoms with Crippen LogP contribution in [0.2, 0.25) is 0 Å². The molecule has 26 heavy (non-hydrogen) atoms. The van der Waals surface area contributed by atoms with Crippen molar-refractivity contribution in [2.75, 3.05) is 25.6 Å². The molecule has 1 heterocycles. The number of rotatable bonds is 9. The van der Waals surface area contributed by atoms with Crippen LogP contribution in [-0.2, 0) is 14.8 Å². The van der Waals surface area contributed by atoms with E-state index in [1.54, 1.807) is 45.2 Å². The van der Waals surface area contributed by atoms with Crippen LogP contribution in [-0.4, -0.2) is 44.8 Å². The van der Waals surface area contributed by atoms with Gasteiger partial charge in [0.05, 0.1) is 7.11 Å². The van der Waals surface area contributed by atoms with Crippen molar-refractivity contribution in [1.29, 1.82) is 0 Å². The molecule has 2 N–H and O–H groups in total. The standard InChI is InChI=1S/C15H20N4O5S2/c1-10(2)13(20)17-14-18-19-15(25-14)26(21,22)16-7-8-24-12-6-4-5-11(9-12)23-3/h4-6,9-10,16H,7-8H2,1-3H3,(H,17,18,20). The topological polar surface area (TPSA) is 120 Å². The number of carbonyl (C=O) groups is 1. The van der Waals surface area contributed by atoms with E-state index in [2.05, 4.69) is 20.2 Å². The molecule has 1 aromatic heterocycles. The van der Waals surface area contributed by atoms with Crippen molar-refractivity contribution in [1.82, 2.24) is 14.9 Å². The zero-order valence-electron chi connectivity index (χ0n) is 14.6. The molecule has 142 valence electrons. The largest absolute Gasteiger partial charge is 0.497 e. The number of anilines is 1. The molecule has 0 radical (unpaired) electrons. The Hall–Kier alpha value is -2.24. The van der Waals surface area contributed by atoms with Crippen molar-refractivity contribution in [3.63, 3.8) is 0 Å². The first-order valence-electron chi connectivity index (χ1n) is 7.72. The average molecular weight is 400 g/mol. The number of sulfonamides is 1. The molecule has 11 heteroatoms. The van der Waals surface area contributed by atoms with Crippen LogP contribution in [0.1, 0.15) is 13.8 Å². The van der Waals surface area contributed by atoms with Crippen molar-refractivity contribution in [3.8, 4) is 11.5 Å². The van der Waals surface area contributed by atoms with Crippen LogP contribution in [0.25, 0.3) is 0 Å². The van der Waals surface area contributed by atoms with Gasteiger partial charge in [-0.05, 0) is 12.1 Å². The zero-order chi connectivity index (χ0) is 19.2. The second-order valence-corrected chi connectivity index (χ2v) is 8.36. The first-order valence-corrected chi connectivity index (χ1v) is 10.0. The summed E-state index contributed by atoms with van der Waals surface area (Å²) in [7, 11) is -2.28. The number of carbonyl (C=O) groups excluding carboxylic acids is 1. The lowest BCUT2D eigenvalue weighted by Crippen LogP contribution is -2.28. The van der Waals surface area contributed by atoms with Crippen molar-refractivity contribution in [2.45, 2.75) is 18.2 Å². The second kappa shape index (κ2) is 8.92. The first kappa shape index (κ1) is 20.1. The molecular formula is C15H20N4O5S2. The van der Waals surface area contributed by atoms with Gasteiger partial charge in [-0.2, -0.15) is 0 Å². The van der Waals surface area contributed by atoms with Gasteiger partial charge in [0.1, 0.15) is 18.1 Å². The molecule has 0 aliphatic rings. The van der Waals surface area contributed by atoms with E-state index in [4.69, 9.17) is 9.47 Å². The molecular weight excluding hydrogens is 380 g/mol. The summed E-state index contributed by atoms with van der Waals surface area (Å²) in [6, 6.07) is 6.99. The third kappa shape index (κ3) is 5.64. The Morgan fingerprint density at radius 1 is 1.27 bits per heavy atom. The molecule has 0 bridgehead atoms. The molecule has 1 amide bonds. The molecule has 1 aromatic carbocycles. The zero-order valence-corrected chi connectivity index (χ0v) is 16.2. The SMILES string of the molecule is COc1cccc(OCCNS(=O)(=O)c2nnc(NC(=O)C(C)C)s2)c1. The third-order valence-electron chi connectivity index (χ3n) is 3.09. The highest BCUT2D eigenvalue weighted by molar-refractivity contribution is 7.91. The van der Waals surface area contributed by atoms with E-state index in [9.17, 15) is 13.2 Å². The van der Waals surface area contributed by atoms with Gasteiger partial charge in [-0.3, -0.25) is 4.79 Å². The number of methoxy groups -OCH3 is 1. The Kier molecular flexibility index (Phi) is 6.89. The minimum absolute atomic E-state index is 0.0484. The summed E-state index contributed by atoms with van der Waals surface area (Å²) in [5, 5.41) is 9.92. The maximum absolute atomic E-state index is 12.2. The predicted octanol–water partition coefficient (Wildman–Crippen LogP) is 1.50. The highest BCUT2D eigenvalue weighted by Gasteiger charge is 2.21. The number of nitrogens with one attached hydrogen (secondary N) is 2. The van der Waals surface area contributed by atoms with Gasteiger partial charge in [0, 0.05) is 18.5 Å². The van der Waals surface area contributed by atoms with Crippen molar-refractivity contribution >= 4 is 32.4 Å². The molecule has 9 nitrogen and oxygen atoms in total. The first-order chi connectivity index (χ1) is 12.3. The van der Waals surface area contributed by atoms with Gasteiger partial charge in [0.2, 0.25) is 15.4 Å². The van der Waals surface area contributed by atoms with Crippen LogP contribution in [0.3, 0.4) is 0 Å². The lowest BCUT2D eigenvalue weighted by molar-refractivity contribution is -0.118. The second-order valence-electron chi connectivity index (χ2n) is 5.44. The normalized spacial score (nSPS) is 11.4. The highest BCUT2D eigenvalue weighted by atomic mass is 32.2. The quantitative estimate of drug-likeness (QED) is 0.483. The minimum atomic E-state index is -3.82. The Morgan fingerprint density at radius 2 is 2.00 bits per heavy atom. The van der Waals surface area contributed by atoms with E-state index in [0.717, 1.165) is 11.3 Å². The highest BCUT2D eigenvalue weighted by Crippen LogP contribution is 2.20. The number of aromatic nitrogens is 2. The van der Waals surface area contributed by atoms with Crippen molar-refractivity contribution in [3.05, 3.63) is 24.3 Å². The van der Waals surface area contributed by atoms with Gasteiger partial charge < -0.3 is 14.8 Å². The number of amides is 1. The number of ether oxygens (including phenoxy) is 2. The summed E-state index contributed by atoms with van der Waals surface area (Å²) < 4.78 is 37.1. The number of nitrogens with zero attached hydrogens (tertiary/aromatic N) is 2. The Morgan fingerprint density at radius 3 is 2.69 bits per heavy atom. The summed E-state index contributed by atoms with van der Waals surface area (Å²) in [6.07, 6.45) is 0. The molecule has 2 rings (SSSR count). The third-order valence-corrected chi connectivity index (χ3v) is 5.76. The fourth-order valence-corrected chi connectivity index (χ4v) is 3.67. The van der Waals surface area contributed by atoms with E-state index >= 15 is 0 Å². The van der Waals surface area contributed by atoms with Gasteiger partial charge in [0.15, 0.2) is 0 Å². The summed E-state index contributed by atoms with van der Waals surface area (Å²) in [5.74, 6) is 0.710. The van der Waals surface area contributed by atoms with Crippen LogP contribution in [0.4, 0.5) is 5.13 Å². The van der Waals surface area contributed by atoms with E-state index in [-0.39, 0.29) is 34.4 Å². The monoisotopic (exact) mass is 400 g/mol. The molecule has 0 saturated heterocycles. The Bertz CT molecular complexity index is 851. The predicted molar refractivity (Wildman–Crippen MR) is 97.1 cm³/mol. The summed E-state index contributed by atoms with van der Waals surface area (Å²) in [6.45, 7) is 3.62. The molecule has 0 spiro atoms. The maximum Gasteiger partial charge on any atom is 0.269 e. The van der Waals surface area contributed by atoms with Crippen molar-refractivity contribution < 1.29 is 22.7 Å². The molecule has 0 atom stereocenters. The van der Waals surface area contributed by atoms with E-state index in [1.165, 1.54) is 0 Å². The summed E-state index contributed by atoms with van der Waals surface area (Å²) >= 11 is 0.783. The molecule has 0 fully saturated rings. The van der Waals surface area contributed by atoms with Gasteiger partial charge in [0.25, 0.3) is 10.0 Å². The van der Waals surface area contributed by atoms with Crippen LogP contribution in [0.5, 0.6) is 11.5 Å². The molecule has 0 saturated carbocycles. The molecule has 0 aliphatic heterocycles. The average Bonchev–Trinajstić information content (AvgIpc) is 3.08. The lowest BCUT2D eigenvalue weighted by Gasteiger charge is -2.08. The van der Waals surface area contributed by atoms with Gasteiger partial charge in [-0.15, -0.1) is 10.2 Å². The number of benzene rings is 1. The van der Waals surface area contributed by atoms with Crippen LogP contribution < -0.4 is 19.5 Å². The van der Waals surface area contributed by atoms with Crippen molar-refractivity contribution in [2.24, 2.45) is 5.92 Å².